The summed E-state index contributed by atoms with van der Waals surface area (Å²) in [5, 5.41) is 9.91. The molecule has 1 N–H and O–H groups in total. The van der Waals surface area contributed by atoms with Crippen molar-refractivity contribution in [2.45, 2.75) is 19.3 Å². The second kappa shape index (κ2) is 10.2. The van der Waals surface area contributed by atoms with Crippen molar-refractivity contribution in [3.05, 3.63) is 161 Å². The summed E-state index contributed by atoms with van der Waals surface area (Å²) in [6, 6.07) is 44.4. The lowest BCUT2D eigenvalue weighted by atomic mass is 9.85. The lowest BCUT2D eigenvalue weighted by Crippen LogP contribution is -2.03. The van der Waals surface area contributed by atoms with Gasteiger partial charge in [-0.1, -0.05) is 115 Å². The minimum atomic E-state index is 0.290. The van der Waals surface area contributed by atoms with E-state index in [0.29, 0.717) is 5.75 Å². The van der Waals surface area contributed by atoms with Crippen LogP contribution in [0.3, 0.4) is 0 Å². The zero-order chi connectivity index (χ0) is 23.2. The fourth-order valence-corrected chi connectivity index (χ4v) is 4.61. The Morgan fingerprint density at radius 2 is 0.941 bits per heavy atom. The zero-order valence-corrected chi connectivity index (χ0v) is 19.2. The maximum atomic E-state index is 9.91. The quantitative estimate of drug-likeness (QED) is 0.273. The molecule has 0 heterocycles. The van der Waals surface area contributed by atoms with Crippen LogP contribution in [0.5, 0.6) is 5.75 Å². The highest BCUT2D eigenvalue weighted by Crippen LogP contribution is 2.33. The van der Waals surface area contributed by atoms with Gasteiger partial charge in [-0.2, -0.15) is 0 Å². The average molecular weight is 441 g/mol. The van der Waals surface area contributed by atoms with Crippen molar-refractivity contribution < 1.29 is 5.11 Å². The fourth-order valence-electron chi connectivity index (χ4n) is 4.61. The molecule has 34 heavy (non-hydrogen) atoms. The lowest BCUT2D eigenvalue weighted by molar-refractivity contribution is 0.475. The van der Waals surface area contributed by atoms with Crippen LogP contribution in [0.15, 0.2) is 127 Å². The maximum absolute atomic E-state index is 9.91. The molecule has 0 amide bonds. The first-order valence-electron chi connectivity index (χ1n) is 11.8. The van der Waals surface area contributed by atoms with Gasteiger partial charge in [0.25, 0.3) is 0 Å². The molecule has 0 atom stereocenters. The van der Waals surface area contributed by atoms with Crippen LogP contribution in [-0.4, -0.2) is 5.11 Å². The number of hydrogen-bond acceptors (Lipinski definition) is 1. The number of rotatable bonds is 7. The first-order valence-corrected chi connectivity index (χ1v) is 11.8. The summed E-state index contributed by atoms with van der Waals surface area (Å²) in [7, 11) is 0. The Balaban J connectivity index is 1.67. The Labute approximate surface area is 202 Å². The fraction of sp³-hybridized carbons (Fsp3) is 0.0909. The third kappa shape index (κ3) is 5.27. The van der Waals surface area contributed by atoms with Crippen molar-refractivity contribution in [2.75, 3.05) is 0 Å². The summed E-state index contributed by atoms with van der Waals surface area (Å²) >= 11 is 0. The van der Waals surface area contributed by atoms with E-state index in [-0.39, 0.29) is 0 Å². The van der Waals surface area contributed by atoms with Crippen LogP contribution in [0, 0.1) is 0 Å². The molecule has 0 bridgehead atoms. The van der Waals surface area contributed by atoms with Crippen LogP contribution < -0.4 is 0 Å². The van der Waals surface area contributed by atoms with Gasteiger partial charge in [-0.3, -0.25) is 0 Å². The summed E-state index contributed by atoms with van der Waals surface area (Å²) in [4.78, 5) is 0. The lowest BCUT2D eigenvalue weighted by Gasteiger charge is -2.19. The van der Waals surface area contributed by atoms with Crippen molar-refractivity contribution in [3.8, 4) is 16.9 Å². The van der Waals surface area contributed by atoms with Gasteiger partial charge in [0, 0.05) is 0 Å². The molecule has 0 aromatic heterocycles. The Bertz CT molecular complexity index is 1340. The highest BCUT2D eigenvalue weighted by Gasteiger charge is 2.15. The van der Waals surface area contributed by atoms with Gasteiger partial charge in [0.15, 0.2) is 0 Å². The van der Waals surface area contributed by atoms with Crippen LogP contribution >= 0.6 is 0 Å². The molecule has 0 aliphatic rings. The van der Waals surface area contributed by atoms with Crippen molar-refractivity contribution in [3.63, 3.8) is 0 Å². The zero-order valence-electron chi connectivity index (χ0n) is 19.2. The van der Waals surface area contributed by atoms with Crippen LogP contribution in [-0.2, 0) is 19.3 Å². The number of aromatic hydroxyl groups is 1. The molecule has 1 heteroatoms. The van der Waals surface area contributed by atoms with E-state index in [1.807, 2.05) is 12.1 Å². The first kappa shape index (κ1) is 21.7. The third-order valence-electron chi connectivity index (χ3n) is 6.29. The van der Waals surface area contributed by atoms with Gasteiger partial charge in [-0.15, -0.1) is 0 Å². The van der Waals surface area contributed by atoms with E-state index in [9.17, 15) is 5.11 Å². The van der Waals surface area contributed by atoms with Gasteiger partial charge in [0.1, 0.15) is 5.75 Å². The molecule has 5 aromatic rings. The molecule has 5 rings (SSSR count). The van der Waals surface area contributed by atoms with E-state index in [2.05, 4.69) is 103 Å². The van der Waals surface area contributed by atoms with Crippen molar-refractivity contribution in [1.82, 2.24) is 0 Å². The second-order valence-electron chi connectivity index (χ2n) is 8.82. The summed E-state index contributed by atoms with van der Waals surface area (Å²) in [6.45, 7) is 0. The Hall–Kier alpha value is -4.10. The van der Waals surface area contributed by atoms with Crippen molar-refractivity contribution in [2.24, 2.45) is 0 Å². The van der Waals surface area contributed by atoms with E-state index in [1.165, 1.54) is 38.9 Å². The molecule has 0 radical (unpaired) electrons. The highest BCUT2D eigenvalue weighted by molar-refractivity contribution is 5.71. The molecule has 1 nitrogen and oxygen atoms in total. The SMILES string of the molecule is Oc1ccc(-c2cc(Cc3ccccc3)cc(Cc3ccccc3)c2Cc2ccccc2)cc1. The standard InChI is InChI=1S/C33H28O/c34-31-18-16-29(17-19-31)32-24-28(20-25-10-4-1-5-11-25)22-30(21-26-12-6-2-7-13-26)33(32)23-27-14-8-3-9-15-27/h1-19,22,24,34H,20-21,23H2. The summed E-state index contributed by atoms with van der Waals surface area (Å²) in [5.74, 6) is 0.290. The van der Waals surface area contributed by atoms with E-state index < -0.39 is 0 Å². The first-order chi connectivity index (χ1) is 16.7. The Morgan fingerprint density at radius 3 is 1.50 bits per heavy atom. The minimum absolute atomic E-state index is 0.290. The normalized spacial score (nSPS) is 10.8. The molecule has 0 aliphatic carbocycles. The maximum Gasteiger partial charge on any atom is 0.115 e. The summed E-state index contributed by atoms with van der Waals surface area (Å²) < 4.78 is 0. The second-order valence-corrected chi connectivity index (χ2v) is 8.82. The summed E-state index contributed by atoms with van der Waals surface area (Å²) in [6.07, 6.45) is 2.64. The van der Waals surface area contributed by atoms with Gasteiger partial charge in [-0.05, 0) is 75.9 Å². The van der Waals surface area contributed by atoms with Gasteiger partial charge in [-0.25, -0.2) is 0 Å². The predicted octanol–water partition coefficient (Wildman–Crippen LogP) is 7.83. The average Bonchev–Trinajstić information content (AvgIpc) is 2.88. The van der Waals surface area contributed by atoms with E-state index >= 15 is 0 Å². The van der Waals surface area contributed by atoms with E-state index in [4.69, 9.17) is 0 Å². The third-order valence-corrected chi connectivity index (χ3v) is 6.29. The molecule has 0 saturated heterocycles. The topological polar surface area (TPSA) is 20.2 Å². The minimum Gasteiger partial charge on any atom is -0.508 e. The predicted molar refractivity (Wildman–Crippen MR) is 141 cm³/mol. The Kier molecular flexibility index (Phi) is 6.54. The number of benzene rings is 5. The van der Waals surface area contributed by atoms with Crippen molar-refractivity contribution >= 4 is 0 Å². The Morgan fingerprint density at radius 1 is 0.441 bits per heavy atom. The van der Waals surface area contributed by atoms with Gasteiger partial charge >= 0.3 is 0 Å². The highest BCUT2D eigenvalue weighted by atomic mass is 16.3. The van der Waals surface area contributed by atoms with Crippen molar-refractivity contribution in [1.29, 1.82) is 0 Å². The smallest absolute Gasteiger partial charge is 0.115 e. The van der Waals surface area contributed by atoms with Crippen LogP contribution in [0.1, 0.15) is 33.4 Å². The molecule has 5 aromatic carbocycles. The van der Waals surface area contributed by atoms with E-state index in [1.54, 1.807) is 12.1 Å². The van der Waals surface area contributed by atoms with Crippen LogP contribution in [0.4, 0.5) is 0 Å². The molecule has 0 unspecified atom stereocenters. The number of phenols is 1. The molecule has 0 fully saturated rings. The van der Waals surface area contributed by atoms with E-state index in [0.717, 1.165) is 24.8 Å². The number of hydrogen-bond donors (Lipinski definition) is 1. The monoisotopic (exact) mass is 440 g/mol. The van der Waals surface area contributed by atoms with Gasteiger partial charge < -0.3 is 5.11 Å². The van der Waals surface area contributed by atoms with Gasteiger partial charge in [0.2, 0.25) is 0 Å². The van der Waals surface area contributed by atoms with Crippen LogP contribution in [0.2, 0.25) is 0 Å². The molecule has 0 spiro atoms. The molecule has 166 valence electrons. The molecular weight excluding hydrogens is 412 g/mol. The molecule has 0 aliphatic heterocycles. The number of phenolic OH excluding ortho intramolecular Hbond substituents is 1. The van der Waals surface area contributed by atoms with Crippen LogP contribution in [0.25, 0.3) is 11.1 Å². The van der Waals surface area contributed by atoms with Gasteiger partial charge in [0.05, 0.1) is 0 Å². The summed E-state index contributed by atoms with van der Waals surface area (Å²) in [5.41, 5.74) is 10.3. The molecular formula is C33H28O. The molecule has 0 saturated carbocycles. The largest absolute Gasteiger partial charge is 0.508 e.